The Balaban J connectivity index is 0.000000211. The fourth-order valence-electron chi connectivity index (χ4n) is 2.96. The average molecular weight is 302 g/mol. The van der Waals surface area contributed by atoms with Gasteiger partial charge in [-0.25, -0.2) is 4.39 Å². The molecule has 126 valence electrons. The maximum absolute atomic E-state index is 13.2. The SMILES string of the molecule is CCN1CCC(C)(F)CC1.CCOC1CCN(CC)CC1. The number of piperidine rings is 2. The van der Waals surface area contributed by atoms with Gasteiger partial charge in [-0.3, -0.25) is 0 Å². The minimum Gasteiger partial charge on any atom is -0.378 e. The number of nitrogens with zero attached hydrogens (tertiary/aromatic N) is 2. The van der Waals surface area contributed by atoms with Crippen LogP contribution in [0.15, 0.2) is 0 Å². The summed E-state index contributed by atoms with van der Waals surface area (Å²) >= 11 is 0. The van der Waals surface area contributed by atoms with E-state index in [2.05, 4.69) is 30.6 Å². The van der Waals surface area contributed by atoms with Crippen molar-refractivity contribution in [2.75, 3.05) is 45.9 Å². The van der Waals surface area contributed by atoms with E-state index in [1.165, 1.54) is 32.5 Å². The molecule has 0 aliphatic carbocycles. The zero-order valence-electron chi connectivity index (χ0n) is 14.5. The van der Waals surface area contributed by atoms with Gasteiger partial charge >= 0.3 is 0 Å². The standard InChI is InChI=1S/C9H19NO.C8H16FN/c1-3-10-7-5-9(6-8-10)11-4-2;1-3-10-6-4-8(2,9)5-7-10/h9H,3-8H2,1-2H3;3-7H2,1-2H3. The third-order valence-electron chi connectivity index (χ3n) is 4.73. The van der Waals surface area contributed by atoms with E-state index >= 15 is 0 Å². The molecule has 3 nitrogen and oxygen atoms in total. The maximum atomic E-state index is 13.2. The number of rotatable bonds is 4. The molecule has 2 fully saturated rings. The first-order valence-corrected chi connectivity index (χ1v) is 8.76. The molecule has 0 atom stereocenters. The van der Waals surface area contributed by atoms with Gasteiger partial charge in [0.15, 0.2) is 0 Å². The Bertz CT molecular complexity index is 256. The summed E-state index contributed by atoms with van der Waals surface area (Å²) in [7, 11) is 0. The highest BCUT2D eigenvalue weighted by Crippen LogP contribution is 2.24. The lowest BCUT2D eigenvalue weighted by Crippen LogP contribution is -2.39. The molecule has 0 spiro atoms. The Morgan fingerprint density at radius 1 is 0.952 bits per heavy atom. The Hall–Kier alpha value is -0.190. The van der Waals surface area contributed by atoms with Crippen LogP contribution in [-0.4, -0.2) is 67.4 Å². The highest BCUT2D eigenvalue weighted by molar-refractivity contribution is 4.81. The molecule has 0 unspecified atom stereocenters. The fourth-order valence-corrected chi connectivity index (χ4v) is 2.96. The van der Waals surface area contributed by atoms with Crippen molar-refractivity contribution in [1.82, 2.24) is 9.80 Å². The molecule has 0 saturated carbocycles. The molecule has 0 bridgehead atoms. The van der Waals surface area contributed by atoms with Crippen molar-refractivity contribution in [3.8, 4) is 0 Å². The first-order valence-electron chi connectivity index (χ1n) is 8.76. The predicted octanol–water partition coefficient (Wildman–Crippen LogP) is 3.34. The summed E-state index contributed by atoms with van der Waals surface area (Å²) < 4.78 is 18.7. The second-order valence-corrected chi connectivity index (χ2v) is 6.44. The normalized spacial score (nSPS) is 24.4. The van der Waals surface area contributed by atoms with Crippen molar-refractivity contribution < 1.29 is 9.13 Å². The summed E-state index contributed by atoms with van der Waals surface area (Å²) in [5.74, 6) is 0. The van der Waals surface area contributed by atoms with Gasteiger partial charge in [-0.2, -0.15) is 0 Å². The van der Waals surface area contributed by atoms with Gasteiger partial charge in [-0.05, 0) is 52.6 Å². The molecule has 4 heteroatoms. The fraction of sp³-hybridized carbons (Fsp3) is 1.00. The predicted molar refractivity (Wildman–Crippen MR) is 87.6 cm³/mol. The average Bonchev–Trinajstić information content (AvgIpc) is 2.49. The van der Waals surface area contributed by atoms with Crippen LogP contribution in [0.5, 0.6) is 0 Å². The van der Waals surface area contributed by atoms with E-state index in [0.29, 0.717) is 18.9 Å². The monoisotopic (exact) mass is 302 g/mol. The van der Waals surface area contributed by atoms with E-state index in [-0.39, 0.29) is 0 Å². The molecule has 0 amide bonds. The van der Waals surface area contributed by atoms with Crippen LogP contribution < -0.4 is 0 Å². The summed E-state index contributed by atoms with van der Waals surface area (Å²) in [6, 6.07) is 0. The topological polar surface area (TPSA) is 15.7 Å². The third kappa shape index (κ3) is 7.57. The van der Waals surface area contributed by atoms with Gasteiger partial charge in [0, 0.05) is 32.8 Å². The Labute approximate surface area is 130 Å². The van der Waals surface area contributed by atoms with Crippen molar-refractivity contribution in [3.05, 3.63) is 0 Å². The zero-order valence-corrected chi connectivity index (χ0v) is 14.5. The lowest BCUT2D eigenvalue weighted by molar-refractivity contribution is 0.0154. The van der Waals surface area contributed by atoms with Crippen molar-refractivity contribution in [2.45, 2.75) is 65.2 Å². The molecule has 2 aliphatic heterocycles. The van der Waals surface area contributed by atoms with Crippen LogP contribution >= 0.6 is 0 Å². The van der Waals surface area contributed by atoms with Crippen LogP contribution in [0.25, 0.3) is 0 Å². The van der Waals surface area contributed by atoms with Crippen LogP contribution in [-0.2, 0) is 4.74 Å². The van der Waals surface area contributed by atoms with Crippen LogP contribution in [0, 0.1) is 0 Å². The van der Waals surface area contributed by atoms with Crippen LogP contribution in [0.2, 0.25) is 0 Å². The molecule has 0 radical (unpaired) electrons. The van der Waals surface area contributed by atoms with Gasteiger partial charge < -0.3 is 14.5 Å². The van der Waals surface area contributed by atoms with Gasteiger partial charge in [0.25, 0.3) is 0 Å². The quantitative estimate of drug-likeness (QED) is 0.792. The van der Waals surface area contributed by atoms with E-state index in [9.17, 15) is 4.39 Å². The molecule has 2 rings (SSSR count). The van der Waals surface area contributed by atoms with Gasteiger partial charge in [0.1, 0.15) is 5.67 Å². The van der Waals surface area contributed by atoms with E-state index in [1.807, 2.05) is 0 Å². The van der Waals surface area contributed by atoms with E-state index < -0.39 is 5.67 Å². The highest BCUT2D eigenvalue weighted by Gasteiger charge is 2.28. The number of halogens is 1. The lowest BCUT2D eigenvalue weighted by Gasteiger charge is -2.33. The van der Waals surface area contributed by atoms with Crippen LogP contribution in [0.3, 0.4) is 0 Å². The van der Waals surface area contributed by atoms with Gasteiger partial charge in [0.05, 0.1) is 6.10 Å². The molecule has 2 heterocycles. The van der Waals surface area contributed by atoms with Crippen LogP contribution in [0.1, 0.15) is 53.4 Å². The van der Waals surface area contributed by atoms with E-state index in [4.69, 9.17) is 4.74 Å². The summed E-state index contributed by atoms with van der Waals surface area (Å²) in [4.78, 5) is 4.77. The third-order valence-corrected chi connectivity index (χ3v) is 4.73. The Kier molecular flexibility index (Phi) is 8.76. The molecule has 0 aromatic rings. The van der Waals surface area contributed by atoms with Gasteiger partial charge in [-0.15, -0.1) is 0 Å². The van der Waals surface area contributed by atoms with Gasteiger partial charge in [-0.1, -0.05) is 13.8 Å². The zero-order chi connectivity index (χ0) is 15.7. The van der Waals surface area contributed by atoms with Crippen molar-refractivity contribution >= 4 is 0 Å². The number of alkyl halides is 1. The summed E-state index contributed by atoms with van der Waals surface area (Å²) in [6.07, 6.45) is 4.41. The lowest BCUT2D eigenvalue weighted by atomic mass is 9.96. The minimum absolute atomic E-state index is 0.544. The summed E-state index contributed by atoms with van der Waals surface area (Å²) in [5.41, 5.74) is -0.883. The Morgan fingerprint density at radius 3 is 1.86 bits per heavy atom. The van der Waals surface area contributed by atoms with Crippen molar-refractivity contribution in [3.63, 3.8) is 0 Å². The highest BCUT2D eigenvalue weighted by atomic mass is 19.1. The molecular weight excluding hydrogens is 267 g/mol. The maximum Gasteiger partial charge on any atom is 0.110 e. The summed E-state index contributed by atoms with van der Waals surface area (Å²) in [6.45, 7) is 15.6. The molecular formula is C17H35FN2O. The first-order chi connectivity index (χ1) is 10.0. The minimum atomic E-state index is -0.883. The van der Waals surface area contributed by atoms with Crippen molar-refractivity contribution in [2.24, 2.45) is 0 Å². The molecule has 21 heavy (non-hydrogen) atoms. The van der Waals surface area contributed by atoms with Crippen molar-refractivity contribution in [1.29, 1.82) is 0 Å². The molecule has 2 saturated heterocycles. The first kappa shape index (κ1) is 18.9. The summed E-state index contributed by atoms with van der Waals surface area (Å²) in [5, 5.41) is 0. The number of likely N-dealkylation sites (tertiary alicyclic amines) is 2. The number of hydrogen-bond donors (Lipinski definition) is 0. The molecule has 2 aliphatic rings. The smallest absolute Gasteiger partial charge is 0.110 e. The Morgan fingerprint density at radius 2 is 1.43 bits per heavy atom. The second kappa shape index (κ2) is 9.75. The van der Waals surface area contributed by atoms with E-state index in [0.717, 1.165) is 26.2 Å². The van der Waals surface area contributed by atoms with Crippen LogP contribution in [0.4, 0.5) is 4.39 Å². The molecule has 0 aromatic carbocycles. The largest absolute Gasteiger partial charge is 0.378 e. The van der Waals surface area contributed by atoms with Gasteiger partial charge in [0.2, 0.25) is 0 Å². The number of ether oxygens (including phenoxy) is 1. The molecule has 0 N–H and O–H groups in total. The number of hydrogen-bond acceptors (Lipinski definition) is 3. The molecule has 0 aromatic heterocycles. The second-order valence-electron chi connectivity index (χ2n) is 6.44. The van der Waals surface area contributed by atoms with E-state index in [1.54, 1.807) is 6.92 Å².